The minimum atomic E-state index is -3.96. The third kappa shape index (κ3) is 8.27. The number of guanidine groups is 1. The van der Waals surface area contributed by atoms with Crippen molar-refractivity contribution in [1.29, 1.82) is 5.41 Å². The number of nitrogens with two attached hydrogens (primary N) is 1. The van der Waals surface area contributed by atoms with Crippen LogP contribution < -0.4 is 26.4 Å². The first kappa shape index (κ1) is 26.4. The molecule has 2 aromatic rings. The number of hydrogen-bond acceptors (Lipinski definition) is 7. The molecule has 0 bridgehead atoms. The van der Waals surface area contributed by atoms with Gasteiger partial charge >= 0.3 is 0 Å². The molecule has 3 amide bonds. The van der Waals surface area contributed by atoms with E-state index < -0.39 is 52.2 Å². The second kappa shape index (κ2) is 11.9. The van der Waals surface area contributed by atoms with Crippen LogP contribution in [-0.2, 0) is 25.4 Å². The van der Waals surface area contributed by atoms with Gasteiger partial charge in [0.25, 0.3) is 5.91 Å². The first-order valence-corrected chi connectivity index (χ1v) is 11.7. The van der Waals surface area contributed by atoms with Crippen LogP contribution in [0.5, 0.6) is 0 Å². The van der Waals surface area contributed by atoms with Crippen molar-refractivity contribution in [3.8, 4) is 0 Å². The fraction of sp³-hybridized carbons (Fsp3) is 0.238. The molecule has 2 rings (SSSR count). The number of rotatable bonds is 10. The van der Waals surface area contributed by atoms with E-state index in [2.05, 4.69) is 20.7 Å². The van der Waals surface area contributed by atoms with Crippen molar-refractivity contribution < 1.29 is 27.9 Å². The average molecular weight is 491 g/mol. The van der Waals surface area contributed by atoms with E-state index in [0.717, 1.165) is 0 Å². The molecule has 12 nitrogen and oxygen atoms in total. The summed E-state index contributed by atoms with van der Waals surface area (Å²) in [6, 6.07) is 11.3. The van der Waals surface area contributed by atoms with Gasteiger partial charge in [0, 0.05) is 11.3 Å². The summed E-state index contributed by atoms with van der Waals surface area (Å²) < 4.78 is 26.8. The highest BCUT2D eigenvalue weighted by molar-refractivity contribution is 7.88. The van der Waals surface area contributed by atoms with Crippen molar-refractivity contribution in [3.63, 3.8) is 0 Å². The van der Waals surface area contributed by atoms with E-state index in [1.165, 1.54) is 31.2 Å². The summed E-state index contributed by atoms with van der Waals surface area (Å²) >= 11 is 0. The Morgan fingerprint density at radius 2 is 1.65 bits per heavy atom. The SMILES string of the molecule is C[C@H](NC(=O)[C@H](CO)NS(=O)(=O)Cc1ccccc1)C(=O)NC(=O)c1ccc(NC(=N)N)cc1. The van der Waals surface area contributed by atoms with Gasteiger partial charge in [0.15, 0.2) is 5.96 Å². The number of sulfonamides is 1. The zero-order valence-corrected chi connectivity index (χ0v) is 19.1. The molecule has 0 heterocycles. The van der Waals surface area contributed by atoms with Gasteiger partial charge in [-0.2, -0.15) is 0 Å². The summed E-state index contributed by atoms with van der Waals surface area (Å²) in [6.07, 6.45) is 0. The molecule has 0 saturated carbocycles. The molecule has 0 saturated heterocycles. The van der Waals surface area contributed by atoms with Gasteiger partial charge in [0.05, 0.1) is 12.4 Å². The number of hydrogen-bond donors (Lipinski definition) is 7. The number of aliphatic hydroxyl groups is 1. The summed E-state index contributed by atoms with van der Waals surface area (Å²) in [5.74, 6) is -3.19. The Labute approximate surface area is 196 Å². The monoisotopic (exact) mass is 490 g/mol. The smallest absolute Gasteiger partial charge is 0.257 e. The van der Waals surface area contributed by atoms with E-state index in [1.54, 1.807) is 30.3 Å². The average Bonchev–Trinajstić information content (AvgIpc) is 2.77. The molecule has 0 radical (unpaired) electrons. The lowest BCUT2D eigenvalue weighted by atomic mass is 10.2. The number of aliphatic hydroxyl groups excluding tert-OH is 1. The van der Waals surface area contributed by atoms with E-state index >= 15 is 0 Å². The van der Waals surface area contributed by atoms with E-state index in [1.807, 2.05) is 0 Å². The van der Waals surface area contributed by atoms with Gasteiger partial charge in [0.2, 0.25) is 21.8 Å². The van der Waals surface area contributed by atoms with Crippen molar-refractivity contribution in [1.82, 2.24) is 15.4 Å². The Morgan fingerprint density at radius 1 is 1.03 bits per heavy atom. The van der Waals surface area contributed by atoms with Crippen LogP contribution in [0.25, 0.3) is 0 Å². The second-order valence-electron chi connectivity index (χ2n) is 7.26. The predicted octanol–water partition coefficient (Wildman–Crippen LogP) is -0.766. The lowest BCUT2D eigenvalue weighted by Gasteiger charge is -2.19. The standard InChI is InChI=1S/C21H26N6O6S/c1-13(18(29)26-19(30)15-7-9-16(10-8-15)25-21(22)23)24-20(31)17(11-28)27-34(32,33)12-14-5-3-2-4-6-14/h2-10,13,17,27-28H,11-12H2,1H3,(H,24,31)(H4,22,23,25)(H,26,29,30)/t13-,17-/m0/s1. The number of amides is 3. The van der Waals surface area contributed by atoms with Crippen molar-refractivity contribution in [2.24, 2.45) is 5.73 Å². The highest BCUT2D eigenvalue weighted by Gasteiger charge is 2.27. The molecule has 2 atom stereocenters. The van der Waals surface area contributed by atoms with Crippen LogP contribution in [0.4, 0.5) is 5.69 Å². The Balaban J connectivity index is 1.92. The van der Waals surface area contributed by atoms with Crippen molar-refractivity contribution in [3.05, 3.63) is 65.7 Å². The molecule has 0 fully saturated rings. The van der Waals surface area contributed by atoms with Gasteiger partial charge in [-0.3, -0.25) is 25.1 Å². The Kier molecular flexibility index (Phi) is 9.24. The zero-order chi connectivity index (χ0) is 25.3. The highest BCUT2D eigenvalue weighted by Crippen LogP contribution is 2.09. The molecule has 8 N–H and O–H groups in total. The van der Waals surface area contributed by atoms with Gasteiger partial charge in [-0.25, -0.2) is 13.1 Å². The van der Waals surface area contributed by atoms with Crippen LogP contribution in [0.1, 0.15) is 22.8 Å². The molecule has 0 aliphatic heterocycles. The summed E-state index contributed by atoms with van der Waals surface area (Å²) in [6.45, 7) is 0.459. The Bertz CT molecular complexity index is 1140. The number of nitrogens with one attached hydrogen (secondary N) is 5. The van der Waals surface area contributed by atoms with Gasteiger partial charge in [0.1, 0.15) is 12.1 Å². The van der Waals surface area contributed by atoms with Crippen LogP contribution in [0, 0.1) is 5.41 Å². The topological polar surface area (TPSA) is 204 Å². The number of carbonyl (C=O) groups is 3. The predicted molar refractivity (Wildman–Crippen MR) is 125 cm³/mol. The lowest BCUT2D eigenvalue weighted by Crippen LogP contribution is -2.54. The zero-order valence-electron chi connectivity index (χ0n) is 18.2. The third-order valence-corrected chi connectivity index (χ3v) is 5.79. The van der Waals surface area contributed by atoms with E-state index in [4.69, 9.17) is 11.1 Å². The number of imide groups is 1. The number of benzene rings is 2. The fourth-order valence-corrected chi connectivity index (χ4v) is 4.09. The quantitative estimate of drug-likeness (QED) is 0.166. The Hall–Kier alpha value is -3.81. The van der Waals surface area contributed by atoms with Crippen LogP contribution in [0.3, 0.4) is 0 Å². The van der Waals surface area contributed by atoms with Crippen LogP contribution in [-0.4, -0.2) is 55.9 Å². The molecule has 0 aromatic heterocycles. The van der Waals surface area contributed by atoms with Crippen molar-refractivity contribution in [2.45, 2.75) is 24.8 Å². The number of carbonyl (C=O) groups excluding carboxylic acids is 3. The summed E-state index contributed by atoms with van der Waals surface area (Å²) in [5.41, 5.74) is 6.32. The summed E-state index contributed by atoms with van der Waals surface area (Å²) in [4.78, 5) is 37.0. The molecule has 2 aromatic carbocycles. The van der Waals surface area contributed by atoms with E-state index in [-0.39, 0.29) is 11.5 Å². The van der Waals surface area contributed by atoms with Crippen molar-refractivity contribution >= 4 is 39.4 Å². The molecule has 0 aliphatic rings. The van der Waals surface area contributed by atoms with Crippen molar-refractivity contribution in [2.75, 3.05) is 11.9 Å². The van der Waals surface area contributed by atoms with Crippen LogP contribution in [0.15, 0.2) is 54.6 Å². The summed E-state index contributed by atoms with van der Waals surface area (Å²) in [7, 11) is -3.96. The minimum Gasteiger partial charge on any atom is -0.394 e. The molecule has 13 heteroatoms. The van der Waals surface area contributed by atoms with Gasteiger partial charge in [-0.15, -0.1) is 0 Å². The highest BCUT2D eigenvalue weighted by atomic mass is 32.2. The third-order valence-electron chi connectivity index (χ3n) is 4.44. The van der Waals surface area contributed by atoms with Gasteiger partial charge < -0.3 is 21.5 Å². The van der Waals surface area contributed by atoms with Gasteiger partial charge in [-0.05, 0) is 36.8 Å². The van der Waals surface area contributed by atoms with E-state index in [0.29, 0.717) is 11.3 Å². The van der Waals surface area contributed by atoms with Gasteiger partial charge in [-0.1, -0.05) is 30.3 Å². The molecular formula is C21H26N6O6S. The molecule has 0 spiro atoms. The largest absolute Gasteiger partial charge is 0.394 e. The maximum atomic E-state index is 12.4. The first-order valence-electron chi connectivity index (χ1n) is 10.0. The fourth-order valence-electron chi connectivity index (χ4n) is 2.76. The van der Waals surface area contributed by atoms with Crippen LogP contribution >= 0.6 is 0 Å². The van der Waals surface area contributed by atoms with Crippen LogP contribution in [0.2, 0.25) is 0 Å². The van der Waals surface area contributed by atoms with E-state index in [9.17, 15) is 27.9 Å². The molecule has 0 aliphatic carbocycles. The maximum Gasteiger partial charge on any atom is 0.257 e. The maximum absolute atomic E-state index is 12.4. The number of anilines is 1. The molecule has 182 valence electrons. The first-order chi connectivity index (χ1) is 16.0. The molecule has 0 unspecified atom stereocenters. The normalized spacial score (nSPS) is 12.8. The Morgan fingerprint density at radius 3 is 2.21 bits per heavy atom. The molecular weight excluding hydrogens is 464 g/mol. The minimum absolute atomic E-state index is 0.142. The molecule has 34 heavy (non-hydrogen) atoms. The second-order valence-corrected chi connectivity index (χ2v) is 9.02. The summed E-state index contributed by atoms with van der Waals surface area (Å²) in [5, 5.41) is 23.6. The lowest BCUT2D eigenvalue weighted by molar-refractivity contribution is -0.129.